The Bertz CT molecular complexity index is 525. The van der Waals surface area contributed by atoms with E-state index < -0.39 is 0 Å². The van der Waals surface area contributed by atoms with E-state index in [2.05, 4.69) is 25.5 Å². The van der Waals surface area contributed by atoms with Crippen LogP contribution in [0.4, 0.5) is 5.82 Å². The highest BCUT2D eigenvalue weighted by molar-refractivity contribution is 5.86. The molecular formula is C13H19N5. The van der Waals surface area contributed by atoms with Crippen LogP contribution in [0.1, 0.15) is 44.2 Å². The second-order valence-corrected chi connectivity index (χ2v) is 5.10. The first-order chi connectivity index (χ1) is 8.84. The highest BCUT2D eigenvalue weighted by atomic mass is 15.2. The molecule has 0 aliphatic heterocycles. The lowest BCUT2D eigenvalue weighted by molar-refractivity contribution is 0.618. The van der Waals surface area contributed by atoms with Crippen molar-refractivity contribution in [3.63, 3.8) is 0 Å². The van der Waals surface area contributed by atoms with Gasteiger partial charge >= 0.3 is 0 Å². The Morgan fingerprint density at radius 2 is 1.89 bits per heavy atom. The molecule has 5 nitrogen and oxygen atoms in total. The van der Waals surface area contributed by atoms with Crippen LogP contribution in [-0.4, -0.2) is 26.2 Å². The minimum atomic E-state index is 0.530. The topological polar surface area (TPSA) is 66.5 Å². The largest absolute Gasteiger partial charge is 0.365 e. The summed E-state index contributed by atoms with van der Waals surface area (Å²) in [5, 5.41) is 10.8. The van der Waals surface area contributed by atoms with Crippen LogP contribution < -0.4 is 5.32 Å². The summed E-state index contributed by atoms with van der Waals surface area (Å²) in [6, 6.07) is 0.530. The quantitative estimate of drug-likeness (QED) is 0.798. The third-order valence-electron chi connectivity index (χ3n) is 3.71. The average molecular weight is 245 g/mol. The standard InChI is InChI=1S/C13H19N5/c1-9-11-12(18-17-9)13(15-8-14-11)16-10-6-4-2-3-5-7-10/h8,10H,2-7H2,1H3,(H,17,18)(H,14,15,16). The predicted octanol–water partition coefficient (Wildman–Crippen LogP) is 2.80. The molecule has 1 saturated carbocycles. The molecule has 0 bridgehead atoms. The number of aryl methyl sites for hydroxylation is 1. The Labute approximate surface area is 106 Å². The molecule has 0 spiro atoms. The summed E-state index contributed by atoms with van der Waals surface area (Å²) < 4.78 is 0. The fraction of sp³-hybridized carbons (Fsp3) is 0.615. The van der Waals surface area contributed by atoms with Gasteiger partial charge in [0.1, 0.15) is 11.8 Å². The van der Waals surface area contributed by atoms with E-state index in [0.29, 0.717) is 6.04 Å². The normalized spacial score (nSPS) is 17.8. The van der Waals surface area contributed by atoms with Crippen LogP contribution in [0.2, 0.25) is 0 Å². The van der Waals surface area contributed by atoms with Crippen molar-refractivity contribution in [1.82, 2.24) is 20.2 Å². The molecule has 5 heteroatoms. The Kier molecular flexibility index (Phi) is 3.13. The molecule has 96 valence electrons. The van der Waals surface area contributed by atoms with Crippen LogP contribution in [0.5, 0.6) is 0 Å². The van der Waals surface area contributed by atoms with E-state index in [1.54, 1.807) is 6.33 Å². The van der Waals surface area contributed by atoms with E-state index in [0.717, 1.165) is 22.5 Å². The van der Waals surface area contributed by atoms with Crippen molar-refractivity contribution in [1.29, 1.82) is 0 Å². The third-order valence-corrected chi connectivity index (χ3v) is 3.71. The number of hydrogen-bond acceptors (Lipinski definition) is 4. The zero-order valence-electron chi connectivity index (χ0n) is 10.7. The van der Waals surface area contributed by atoms with Crippen molar-refractivity contribution in [2.45, 2.75) is 51.5 Å². The summed E-state index contributed by atoms with van der Waals surface area (Å²) in [7, 11) is 0. The summed E-state index contributed by atoms with van der Waals surface area (Å²) >= 11 is 0. The summed E-state index contributed by atoms with van der Waals surface area (Å²) in [6.45, 7) is 1.98. The van der Waals surface area contributed by atoms with Crippen LogP contribution in [0.3, 0.4) is 0 Å². The molecule has 3 rings (SSSR count). The molecule has 2 aromatic rings. The van der Waals surface area contributed by atoms with E-state index in [1.165, 1.54) is 38.5 Å². The van der Waals surface area contributed by atoms with E-state index in [4.69, 9.17) is 0 Å². The van der Waals surface area contributed by atoms with Gasteiger partial charge in [0.05, 0.1) is 5.69 Å². The van der Waals surface area contributed by atoms with E-state index in [9.17, 15) is 0 Å². The van der Waals surface area contributed by atoms with E-state index in [-0.39, 0.29) is 0 Å². The lowest BCUT2D eigenvalue weighted by Crippen LogP contribution is -2.19. The molecule has 1 fully saturated rings. The molecule has 2 N–H and O–H groups in total. The van der Waals surface area contributed by atoms with Crippen LogP contribution in [-0.2, 0) is 0 Å². The fourth-order valence-electron chi connectivity index (χ4n) is 2.67. The van der Waals surface area contributed by atoms with Gasteiger partial charge in [-0.1, -0.05) is 25.7 Å². The molecule has 0 amide bonds. The van der Waals surface area contributed by atoms with Gasteiger partial charge in [-0.2, -0.15) is 5.10 Å². The molecule has 2 heterocycles. The Morgan fingerprint density at radius 3 is 2.67 bits per heavy atom. The van der Waals surface area contributed by atoms with Gasteiger partial charge in [0.25, 0.3) is 0 Å². The molecule has 0 unspecified atom stereocenters. The highest BCUT2D eigenvalue weighted by Crippen LogP contribution is 2.24. The van der Waals surface area contributed by atoms with Crippen molar-refractivity contribution < 1.29 is 0 Å². The summed E-state index contributed by atoms with van der Waals surface area (Å²) in [5.41, 5.74) is 2.77. The molecular weight excluding hydrogens is 226 g/mol. The number of nitrogens with one attached hydrogen (secondary N) is 2. The monoisotopic (exact) mass is 245 g/mol. The van der Waals surface area contributed by atoms with Crippen molar-refractivity contribution in [2.75, 3.05) is 5.32 Å². The summed E-state index contributed by atoms with van der Waals surface area (Å²) in [6.07, 6.45) is 9.42. The maximum Gasteiger partial charge on any atom is 0.158 e. The Morgan fingerprint density at radius 1 is 1.11 bits per heavy atom. The van der Waals surface area contributed by atoms with Gasteiger partial charge in [0.2, 0.25) is 0 Å². The van der Waals surface area contributed by atoms with Gasteiger partial charge in [-0.3, -0.25) is 5.10 Å². The van der Waals surface area contributed by atoms with Crippen molar-refractivity contribution in [2.24, 2.45) is 0 Å². The smallest absolute Gasteiger partial charge is 0.158 e. The first-order valence-corrected chi connectivity index (χ1v) is 6.77. The molecule has 0 atom stereocenters. The third kappa shape index (κ3) is 2.17. The Balaban J connectivity index is 1.85. The first-order valence-electron chi connectivity index (χ1n) is 6.77. The number of rotatable bonds is 2. The van der Waals surface area contributed by atoms with Crippen molar-refractivity contribution >= 4 is 16.9 Å². The van der Waals surface area contributed by atoms with Gasteiger partial charge in [0.15, 0.2) is 11.3 Å². The number of anilines is 1. The molecule has 1 aliphatic carbocycles. The highest BCUT2D eigenvalue weighted by Gasteiger charge is 2.15. The Hall–Kier alpha value is -1.65. The number of hydrogen-bond donors (Lipinski definition) is 2. The first kappa shape index (κ1) is 11.4. The number of aromatic amines is 1. The van der Waals surface area contributed by atoms with Crippen molar-refractivity contribution in [3.05, 3.63) is 12.0 Å². The average Bonchev–Trinajstić information content (AvgIpc) is 2.62. The lowest BCUT2D eigenvalue weighted by Gasteiger charge is -2.16. The SMILES string of the molecule is Cc1[nH]nc2c(NC3CCCCCC3)ncnc12. The van der Waals surface area contributed by atoms with Crippen LogP contribution >= 0.6 is 0 Å². The van der Waals surface area contributed by atoms with Crippen LogP contribution in [0.15, 0.2) is 6.33 Å². The van der Waals surface area contributed by atoms with E-state index >= 15 is 0 Å². The molecule has 1 aliphatic rings. The number of fused-ring (bicyclic) bond motifs is 1. The number of aromatic nitrogens is 4. The van der Waals surface area contributed by atoms with Gasteiger partial charge in [-0.15, -0.1) is 0 Å². The predicted molar refractivity (Wildman–Crippen MR) is 71.5 cm³/mol. The number of nitrogens with zero attached hydrogens (tertiary/aromatic N) is 3. The zero-order valence-corrected chi connectivity index (χ0v) is 10.7. The maximum absolute atomic E-state index is 4.34. The zero-order chi connectivity index (χ0) is 12.4. The van der Waals surface area contributed by atoms with E-state index in [1.807, 2.05) is 6.92 Å². The second-order valence-electron chi connectivity index (χ2n) is 5.10. The molecule has 2 aromatic heterocycles. The van der Waals surface area contributed by atoms with Gasteiger partial charge in [-0.05, 0) is 19.8 Å². The minimum Gasteiger partial charge on any atom is -0.365 e. The minimum absolute atomic E-state index is 0.530. The van der Waals surface area contributed by atoms with Crippen LogP contribution in [0, 0.1) is 6.92 Å². The fourth-order valence-corrected chi connectivity index (χ4v) is 2.67. The maximum atomic E-state index is 4.34. The number of H-pyrrole nitrogens is 1. The molecule has 18 heavy (non-hydrogen) atoms. The van der Waals surface area contributed by atoms with Gasteiger partial charge in [0, 0.05) is 6.04 Å². The van der Waals surface area contributed by atoms with Crippen molar-refractivity contribution in [3.8, 4) is 0 Å². The summed E-state index contributed by atoms with van der Waals surface area (Å²) in [4.78, 5) is 8.61. The summed E-state index contributed by atoms with van der Waals surface area (Å²) in [5.74, 6) is 0.872. The van der Waals surface area contributed by atoms with Gasteiger partial charge in [-0.25, -0.2) is 9.97 Å². The molecule has 0 aromatic carbocycles. The van der Waals surface area contributed by atoms with Crippen LogP contribution in [0.25, 0.3) is 11.0 Å². The second kappa shape index (κ2) is 4.92. The molecule has 0 radical (unpaired) electrons. The lowest BCUT2D eigenvalue weighted by atomic mass is 10.1. The molecule has 0 saturated heterocycles. The van der Waals surface area contributed by atoms with Gasteiger partial charge < -0.3 is 5.32 Å².